The van der Waals surface area contributed by atoms with E-state index < -0.39 is 0 Å². The van der Waals surface area contributed by atoms with Gasteiger partial charge < -0.3 is 4.57 Å². The summed E-state index contributed by atoms with van der Waals surface area (Å²) < 4.78 is 2.21. The molecule has 0 saturated carbocycles. The molecule has 0 bridgehead atoms. The molecule has 0 radical (unpaired) electrons. The number of carbonyl (C=O) groups is 1. The average molecular weight is 227 g/mol. The van der Waals surface area contributed by atoms with Crippen LogP contribution in [0.2, 0.25) is 0 Å². The SMILES string of the molecule is CC(=O)Cc1ccc(-n2c(C)ccc2C)cc1. The lowest BCUT2D eigenvalue weighted by molar-refractivity contribution is -0.116. The van der Waals surface area contributed by atoms with Crippen LogP contribution in [0.3, 0.4) is 0 Å². The molecule has 0 aliphatic carbocycles. The quantitative estimate of drug-likeness (QED) is 0.789. The Kier molecular flexibility index (Phi) is 3.14. The van der Waals surface area contributed by atoms with E-state index in [0.717, 1.165) is 11.3 Å². The zero-order valence-electron chi connectivity index (χ0n) is 10.5. The normalized spacial score (nSPS) is 10.5. The van der Waals surface area contributed by atoms with E-state index in [1.165, 1.54) is 11.4 Å². The summed E-state index contributed by atoms with van der Waals surface area (Å²) in [5.74, 6) is 0.200. The third-order valence-electron chi connectivity index (χ3n) is 2.92. The van der Waals surface area contributed by atoms with Crippen LogP contribution in [0.5, 0.6) is 0 Å². The lowest BCUT2D eigenvalue weighted by Crippen LogP contribution is -2.00. The third-order valence-corrected chi connectivity index (χ3v) is 2.92. The number of hydrogen-bond acceptors (Lipinski definition) is 1. The largest absolute Gasteiger partial charge is 0.319 e. The number of hydrogen-bond donors (Lipinski definition) is 0. The van der Waals surface area contributed by atoms with E-state index in [1.807, 2.05) is 12.1 Å². The van der Waals surface area contributed by atoms with Crippen LogP contribution in [0, 0.1) is 13.8 Å². The van der Waals surface area contributed by atoms with Crippen molar-refractivity contribution in [2.24, 2.45) is 0 Å². The molecular formula is C15H17NO. The second-order valence-electron chi connectivity index (χ2n) is 4.50. The number of nitrogens with zero attached hydrogens (tertiary/aromatic N) is 1. The highest BCUT2D eigenvalue weighted by Crippen LogP contribution is 2.17. The van der Waals surface area contributed by atoms with E-state index in [4.69, 9.17) is 0 Å². The van der Waals surface area contributed by atoms with Crippen molar-refractivity contribution in [3.8, 4) is 5.69 Å². The van der Waals surface area contributed by atoms with Gasteiger partial charge in [0.05, 0.1) is 0 Å². The summed E-state index contributed by atoms with van der Waals surface area (Å²) in [5, 5.41) is 0. The lowest BCUT2D eigenvalue weighted by Gasteiger charge is -2.09. The van der Waals surface area contributed by atoms with E-state index in [0.29, 0.717) is 6.42 Å². The molecule has 88 valence electrons. The molecule has 0 aliphatic rings. The molecule has 2 nitrogen and oxygen atoms in total. The van der Waals surface area contributed by atoms with Crippen LogP contribution in [-0.4, -0.2) is 10.4 Å². The highest BCUT2D eigenvalue weighted by atomic mass is 16.1. The summed E-state index contributed by atoms with van der Waals surface area (Å²) in [7, 11) is 0. The Morgan fingerprint density at radius 3 is 2.00 bits per heavy atom. The topological polar surface area (TPSA) is 22.0 Å². The van der Waals surface area contributed by atoms with E-state index in [2.05, 4.69) is 42.7 Å². The molecule has 0 saturated heterocycles. The summed E-state index contributed by atoms with van der Waals surface area (Å²) in [4.78, 5) is 11.0. The smallest absolute Gasteiger partial charge is 0.134 e. The molecule has 0 aliphatic heterocycles. The van der Waals surface area contributed by atoms with E-state index in [-0.39, 0.29) is 5.78 Å². The highest BCUT2D eigenvalue weighted by Gasteiger charge is 2.04. The first-order valence-corrected chi connectivity index (χ1v) is 5.81. The molecule has 2 heteroatoms. The molecule has 1 heterocycles. The van der Waals surface area contributed by atoms with Gasteiger partial charge in [0, 0.05) is 23.5 Å². The fourth-order valence-corrected chi connectivity index (χ4v) is 2.13. The summed E-state index contributed by atoms with van der Waals surface area (Å²) in [6, 6.07) is 12.4. The first-order valence-electron chi connectivity index (χ1n) is 5.81. The fraction of sp³-hybridized carbons (Fsp3) is 0.267. The van der Waals surface area contributed by atoms with Crippen LogP contribution in [-0.2, 0) is 11.2 Å². The minimum Gasteiger partial charge on any atom is -0.319 e. The van der Waals surface area contributed by atoms with Crippen LogP contribution in [0.1, 0.15) is 23.9 Å². The predicted molar refractivity (Wildman–Crippen MR) is 69.6 cm³/mol. The highest BCUT2D eigenvalue weighted by molar-refractivity contribution is 5.78. The number of carbonyl (C=O) groups excluding carboxylic acids is 1. The first-order chi connectivity index (χ1) is 8.08. The van der Waals surface area contributed by atoms with Crippen molar-refractivity contribution in [2.75, 3.05) is 0 Å². The summed E-state index contributed by atoms with van der Waals surface area (Å²) in [6.07, 6.45) is 0.518. The fourth-order valence-electron chi connectivity index (χ4n) is 2.13. The molecule has 2 rings (SSSR count). The Morgan fingerprint density at radius 2 is 1.53 bits per heavy atom. The van der Waals surface area contributed by atoms with Crippen molar-refractivity contribution in [3.05, 3.63) is 53.3 Å². The molecule has 0 fully saturated rings. The lowest BCUT2D eigenvalue weighted by atomic mass is 10.1. The van der Waals surface area contributed by atoms with Gasteiger partial charge in [-0.05, 0) is 50.6 Å². The van der Waals surface area contributed by atoms with Gasteiger partial charge in [-0.15, -0.1) is 0 Å². The number of rotatable bonds is 3. The Morgan fingerprint density at radius 1 is 1.00 bits per heavy atom. The van der Waals surface area contributed by atoms with Crippen LogP contribution in [0.4, 0.5) is 0 Å². The Hall–Kier alpha value is -1.83. The number of benzene rings is 1. The van der Waals surface area contributed by atoms with Gasteiger partial charge in [-0.2, -0.15) is 0 Å². The monoisotopic (exact) mass is 227 g/mol. The minimum absolute atomic E-state index is 0.200. The van der Waals surface area contributed by atoms with E-state index in [1.54, 1.807) is 6.92 Å². The van der Waals surface area contributed by atoms with Gasteiger partial charge in [-0.3, -0.25) is 4.79 Å². The van der Waals surface area contributed by atoms with Crippen molar-refractivity contribution in [2.45, 2.75) is 27.2 Å². The summed E-state index contributed by atoms with van der Waals surface area (Å²) in [5.41, 5.74) is 4.67. The van der Waals surface area contributed by atoms with Crippen molar-refractivity contribution in [1.82, 2.24) is 4.57 Å². The molecule has 0 spiro atoms. The van der Waals surface area contributed by atoms with E-state index in [9.17, 15) is 4.79 Å². The molecule has 0 amide bonds. The third kappa shape index (κ3) is 2.47. The van der Waals surface area contributed by atoms with Crippen molar-refractivity contribution in [1.29, 1.82) is 0 Å². The minimum atomic E-state index is 0.200. The van der Waals surface area contributed by atoms with E-state index >= 15 is 0 Å². The predicted octanol–water partition coefficient (Wildman–Crippen LogP) is 3.23. The maximum Gasteiger partial charge on any atom is 0.134 e. The second kappa shape index (κ2) is 4.58. The number of ketones is 1. The second-order valence-corrected chi connectivity index (χ2v) is 4.50. The summed E-state index contributed by atoms with van der Waals surface area (Å²) in [6.45, 7) is 5.81. The van der Waals surface area contributed by atoms with Gasteiger partial charge in [0.1, 0.15) is 5.78 Å². The molecule has 1 aromatic heterocycles. The van der Waals surface area contributed by atoms with Gasteiger partial charge in [0.2, 0.25) is 0 Å². The number of Topliss-reactive ketones (excluding diaryl/α,β-unsaturated/α-hetero) is 1. The first kappa shape index (κ1) is 11.6. The maximum atomic E-state index is 11.0. The average Bonchev–Trinajstić information content (AvgIpc) is 2.59. The Labute approximate surface area is 102 Å². The molecule has 0 atom stereocenters. The van der Waals surface area contributed by atoms with Gasteiger partial charge in [0.25, 0.3) is 0 Å². The molecular weight excluding hydrogens is 210 g/mol. The Bertz CT molecular complexity index is 515. The molecule has 1 aromatic carbocycles. The van der Waals surface area contributed by atoms with Crippen molar-refractivity contribution >= 4 is 5.78 Å². The molecule has 17 heavy (non-hydrogen) atoms. The van der Waals surface area contributed by atoms with Crippen LogP contribution in [0.15, 0.2) is 36.4 Å². The Balaban J connectivity index is 2.33. The van der Waals surface area contributed by atoms with Crippen molar-refractivity contribution < 1.29 is 4.79 Å². The van der Waals surface area contributed by atoms with Gasteiger partial charge in [-0.25, -0.2) is 0 Å². The molecule has 2 aromatic rings. The standard InChI is InChI=1S/C15H17NO/c1-11-4-5-12(2)16(11)15-8-6-14(7-9-15)10-13(3)17/h4-9H,10H2,1-3H3. The van der Waals surface area contributed by atoms with Gasteiger partial charge >= 0.3 is 0 Å². The number of aryl methyl sites for hydroxylation is 2. The molecule has 0 N–H and O–H groups in total. The van der Waals surface area contributed by atoms with Crippen LogP contribution in [0.25, 0.3) is 5.69 Å². The van der Waals surface area contributed by atoms with Crippen molar-refractivity contribution in [3.63, 3.8) is 0 Å². The van der Waals surface area contributed by atoms with Gasteiger partial charge in [0.15, 0.2) is 0 Å². The zero-order valence-corrected chi connectivity index (χ0v) is 10.5. The maximum absolute atomic E-state index is 11.0. The number of aromatic nitrogens is 1. The van der Waals surface area contributed by atoms with Crippen LogP contribution < -0.4 is 0 Å². The summed E-state index contributed by atoms with van der Waals surface area (Å²) >= 11 is 0. The van der Waals surface area contributed by atoms with Crippen LogP contribution >= 0.6 is 0 Å². The zero-order chi connectivity index (χ0) is 12.4. The molecule has 0 unspecified atom stereocenters. The van der Waals surface area contributed by atoms with Gasteiger partial charge in [-0.1, -0.05) is 12.1 Å².